The maximum absolute atomic E-state index is 5.85. The van der Waals surface area contributed by atoms with Gasteiger partial charge in [0.05, 0.1) is 5.69 Å². The molecule has 0 radical (unpaired) electrons. The van der Waals surface area contributed by atoms with Crippen LogP contribution in [0.15, 0.2) is 40.8 Å². The Hall–Kier alpha value is -2.16. The number of nitrogens with two attached hydrogens (primary N) is 2. The molecule has 74 valence electrons. The highest BCUT2D eigenvalue weighted by atomic mass is 16.3. The molecule has 0 fully saturated rings. The maximum Gasteiger partial charge on any atom is 0.158 e. The Bertz CT molecular complexity index is 655. The summed E-state index contributed by atoms with van der Waals surface area (Å²) in [5.74, 6) is 0. The van der Waals surface area contributed by atoms with Gasteiger partial charge in [-0.3, -0.25) is 0 Å². The van der Waals surface area contributed by atoms with E-state index in [0.717, 1.165) is 16.4 Å². The molecule has 0 spiro atoms. The average Bonchev–Trinajstić information content (AvgIpc) is 2.57. The van der Waals surface area contributed by atoms with E-state index in [1.54, 1.807) is 6.07 Å². The molecular formula is C12H10N2O. The first-order valence-corrected chi connectivity index (χ1v) is 4.72. The Morgan fingerprint density at radius 2 is 1.73 bits per heavy atom. The lowest BCUT2D eigenvalue weighted by molar-refractivity contribution is 0.670. The fourth-order valence-corrected chi connectivity index (χ4v) is 1.88. The van der Waals surface area contributed by atoms with Crippen LogP contribution in [0.4, 0.5) is 11.4 Å². The van der Waals surface area contributed by atoms with Gasteiger partial charge >= 0.3 is 0 Å². The van der Waals surface area contributed by atoms with Crippen molar-refractivity contribution >= 4 is 33.3 Å². The average molecular weight is 198 g/mol. The highest BCUT2D eigenvalue weighted by molar-refractivity contribution is 6.09. The summed E-state index contributed by atoms with van der Waals surface area (Å²) in [5, 5.41) is 2.02. The lowest BCUT2D eigenvalue weighted by Gasteiger charge is -1.96. The van der Waals surface area contributed by atoms with Crippen molar-refractivity contribution in [1.82, 2.24) is 0 Å². The van der Waals surface area contributed by atoms with E-state index in [4.69, 9.17) is 15.9 Å². The fraction of sp³-hybridized carbons (Fsp3) is 0. The standard InChI is InChI=1S/C12H10N2O/c13-7-5-9-8-3-1-2-4-11(8)15-12(9)10(14)6-7/h1-6H,13-14H2. The van der Waals surface area contributed by atoms with Crippen LogP contribution in [0.2, 0.25) is 0 Å². The van der Waals surface area contributed by atoms with Crippen LogP contribution in [0.25, 0.3) is 21.9 Å². The van der Waals surface area contributed by atoms with Gasteiger partial charge in [0.25, 0.3) is 0 Å². The van der Waals surface area contributed by atoms with Gasteiger partial charge in [-0.05, 0) is 18.2 Å². The molecule has 0 aliphatic carbocycles. The fourth-order valence-electron chi connectivity index (χ4n) is 1.88. The molecule has 3 heteroatoms. The second-order valence-electron chi connectivity index (χ2n) is 3.59. The molecule has 3 rings (SSSR count). The molecule has 1 aromatic heterocycles. The summed E-state index contributed by atoms with van der Waals surface area (Å²) in [4.78, 5) is 0. The molecule has 4 N–H and O–H groups in total. The number of anilines is 2. The number of rotatable bonds is 0. The first-order chi connectivity index (χ1) is 7.25. The molecule has 3 nitrogen and oxygen atoms in total. The van der Waals surface area contributed by atoms with E-state index in [-0.39, 0.29) is 0 Å². The van der Waals surface area contributed by atoms with E-state index in [9.17, 15) is 0 Å². The Labute approximate surface area is 86.3 Å². The van der Waals surface area contributed by atoms with Gasteiger partial charge in [0, 0.05) is 16.5 Å². The first kappa shape index (κ1) is 8.17. The number of benzene rings is 2. The van der Waals surface area contributed by atoms with Crippen molar-refractivity contribution in [3.05, 3.63) is 36.4 Å². The zero-order valence-electron chi connectivity index (χ0n) is 8.03. The van der Waals surface area contributed by atoms with Gasteiger partial charge in [0.1, 0.15) is 5.58 Å². The van der Waals surface area contributed by atoms with Gasteiger partial charge in [0.15, 0.2) is 5.58 Å². The molecular weight excluding hydrogens is 188 g/mol. The Balaban J connectivity index is 2.61. The summed E-state index contributed by atoms with van der Waals surface area (Å²) < 4.78 is 5.66. The number of furan rings is 1. The molecule has 0 aliphatic heterocycles. The van der Waals surface area contributed by atoms with E-state index in [1.165, 1.54) is 0 Å². The van der Waals surface area contributed by atoms with Crippen LogP contribution < -0.4 is 11.5 Å². The zero-order chi connectivity index (χ0) is 10.4. The van der Waals surface area contributed by atoms with Crippen LogP contribution in [-0.4, -0.2) is 0 Å². The molecule has 2 aromatic carbocycles. The molecule has 0 saturated carbocycles. The van der Waals surface area contributed by atoms with Gasteiger partial charge in [-0.15, -0.1) is 0 Å². The predicted octanol–water partition coefficient (Wildman–Crippen LogP) is 2.75. The van der Waals surface area contributed by atoms with Gasteiger partial charge in [-0.2, -0.15) is 0 Å². The highest BCUT2D eigenvalue weighted by Crippen LogP contribution is 2.33. The monoisotopic (exact) mass is 198 g/mol. The van der Waals surface area contributed by atoms with E-state index in [2.05, 4.69) is 0 Å². The lowest BCUT2D eigenvalue weighted by atomic mass is 10.1. The van der Waals surface area contributed by atoms with Crippen molar-refractivity contribution in [1.29, 1.82) is 0 Å². The molecule has 0 saturated heterocycles. The second-order valence-corrected chi connectivity index (χ2v) is 3.59. The third-order valence-electron chi connectivity index (χ3n) is 2.53. The summed E-state index contributed by atoms with van der Waals surface area (Å²) in [7, 11) is 0. The first-order valence-electron chi connectivity index (χ1n) is 4.72. The van der Waals surface area contributed by atoms with Crippen LogP contribution in [0.5, 0.6) is 0 Å². The number of para-hydroxylation sites is 1. The predicted molar refractivity (Wildman–Crippen MR) is 62.5 cm³/mol. The smallest absolute Gasteiger partial charge is 0.158 e. The van der Waals surface area contributed by atoms with Crippen LogP contribution in [-0.2, 0) is 0 Å². The molecule has 0 atom stereocenters. The molecule has 0 bridgehead atoms. The van der Waals surface area contributed by atoms with Crippen molar-refractivity contribution in [3.63, 3.8) is 0 Å². The van der Waals surface area contributed by atoms with Crippen molar-refractivity contribution in [2.24, 2.45) is 0 Å². The van der Waals surface area contributed by atoms with Crippen molar-refractivity contribution in [2.45, 2.75) is 0 Å². The van der Waals surface area contributed by atoms with E-state index >= 15 is 0 Å². The van der Waals surface area contributed by atoms with Crippen molar-refractivity contribution < 1.29 is 4.42 Å². The van der Waals surface area contributed by atoms with Crippen molar-refractivity contribution in [3.8, 4) is 0 Å². The summed E-state index contributed by atoms with van der Waals surface area (Å²) in [6.45, 7) is 0. The van der Waals surface area contributed by atoms with E-state index in [0.29, 0.717) is 17.0 Å². The van der Waals surface area contributed by atoms with Gasteiger partial charge in [0.2, 0.25) is 0 Å². The topological polar surface area (TPSA) is 65.2 Å². The Morgan fingerprint density at radius 3 is 2.60 bits per heavy atom. The molecule has 15 heavy (non-hydrogen) atoms. The lowest BCUT2D eigenvalue weighted by Crippen LogP contribution is -1.89. The number of hydrogen-bond acceptors (Lipinski definition) is 3. The van der Waals surface area contributed by atoms with E-state index in [1.807, 2.05) is 30.3 Å². The molecule has 1 heterocycles. The highest BCUT2D eigenvalue weighted by Gasteiger charge is 2.09. The third kappa shape index (κ3) is 1.06. The molecule has 0 aliphatic rings. The Kier molecular flexibility index (Phi) is 1.45. The summed E-state index contributed by atoms with van der Waals surface area (Å²) in [6, 6.07) is 11.4. The summed E-state index contributed by atoms with van der Waals surface area (Å²) in [6.07, 6.45) is 0. The number of hydrogen-bond donors (Lipinski definition) is 2. The minimum absolute atomic E-state index is 0.584. The zero-order valence-corrected chi connectivity index (χ0v) is 8.03. The molecule has 0 unspecified atom stereocenters. The summed E-state index contributed by atoms with van der Waals surface area (Å²) >= 11 is 0. The van der Waals surface area contributed by atoms with Crippen LogP contribution >= 0.6 is 0 Å². The summed E-state index contributed by atoms with van der Waals surface area (Å²) in [5.41, 5.74) is 14.4. The minimum atomic E-state index is 0.584. The van der Waals surface area contributed by atoms with Gasteiger partial charge < -0.3 is 15.9 Å². The molecule has 0 amide bonds. The number of fused-ring (bicyclic) bond motifs is 3. The van der Waals surface area contributed by atoms with E-state index < -0.39 is 0 Å². The Morgan fingerprint density at radius 1 is 0.933 bits per heavy atom. The second kappa shape index (κ2) is 2.67. The largest absolute Gasteiger partial charge is 0.454 e. The van der Waals surface area contributed by atoms with Gasteiger partial charge in [-0.1, -0.05) is 18.2 Å². The number of nitrogen functional groups attached to an aromatic ring is 2. The van der Waals surface area contributed by atoms with Crippen molar-refractivity contribution in [2.75, 3.05) is 11.5 Å². The normalized spacial score (nSPS) is 11.2. The van der Waals surface area contributed by atoms with Gasteiger partial charge in [-0.25, -0.2) is 0 Å². The van der Waals surface area contributed by atoms with Crippen LogP contribution in [0.1, 0.15) is 0 Å². The quantitative estimate of drug-likeness (QED) is 0.546. The van der Waals surface area contributed by atoms with Crippen LogP contribution in [0.3, 0.4) is 0 Å². The van der Waals surface area contributed by atoms with Crippen LogP contribution in [0, 0.1) is 0 Å². The molecule has 3 aromatic rings. The maximum atomic E-state index is 5.85. The third-order valence-corrected chi connectivity index (χ3v) is 2.53. The SMILES string of the molecule is Nc1cc(N)c2oc3ccccc3c2c1. The minimum Gasteiger partial charge on any atom is -0.454 e.